The first kappa shape index (κ1) is 23.6. The van der Waals surface area contributed by atoms with Crippen LogP contribution >= 0.6 is 12.2 Å². The van der Waals surface area contributed by atoms with Gasteiger partial charge in [0.15, 0.2) is 5.11 Å². The molecule has 0 radical (unpaired) electrons. The van der Waals surface area contributed by atoms with E-state index in [0.717, 1.165) is 11.4 Å². The largest absolute Gasteiger partial charge is 0.491 e. The molecular weight excluding hydrogens is 404 g/mol. The number of carbonyl (C=O) groups excluding carboxylic acids is 1. The number of thiocarbonyl (C=S) groups is 1. The van der Waals surface area contributed by atoms with E-state index in [1.807, 2.05) is 38.1 Å². The SMILES string of the molecule is CCOCCOc1ccc(NC(=S)NC(=O)c2ccc(OCCOCC)cc2)cc1. The second-order valence-electron chi connectivity index (χ2n) is 6.05. The van der Waals surface area contributed by atoms with Crippen LogP contribution < -0.4 is 20.1 Å². The maximum atomic E-state index is 12.4. The fourth-order valence-corrected chi connectivity index (χ4v) is 2.61. The second-order valence-corrected chi connectivity index (χ2v) is 6.46. The van der Waals surface area contributed by atoms with Crippen molar-refractivity contribution in [2.24, 2.45) is 0 Å². The van der Waals surface area contributed by atoms with Crippen LogP contribution in [0.25, 0.3) is 0 Å². The molecule has 0 aliphatic heterocycles. The van der Waals surface area contributed by atoms with Crippen molar-refractivity contribution >= 4 is 28.9 Å². The van der Waals surface area contributed by atoms with E-state index >= 15 is 0 Å². The van der Waals surface area contributed by atoms with E-state index in [9.17, 15) is 4.79 Å². The van der Waals surface area contributed by atoms with Gasteiger partial charge < -0.3 is 24.3 Å². The molecule has 0 aliphatic rings. The molecule has 2 N–H and O–H groups in total. The molecule has 2 aromatic carbocycles. The molecule has 0 heterocycles. The Kier molecular flexibility index (Phi) is 10.6. The summed E-state index contributed by atoms with van der Waals surface area (Å²) in [5.41, 5.74) is 1.23. The highest BCUT2D eigenvalue weighted by atomic mass is 32.1. The van der Waals surface area contributed by atoms with Gasteiger partial charge in [-0.15, -0.1) is 0 Å². The molecule has 2 aromatic rings. The van der Waals surface area contributed by atoms with Crippen molar-refractivity contribution in [2.45, 2.75) is 13.8 Å². The van der Waals surface area contributed by atoms with Crippen LogP contribution in [0.1, 0.15) is 24.2 Å². The molecule has 0 aliphatic carbocycles. The van der Waals surface area contributed by atoms with Gasteiger partial charge in [-0.2, -0.15) is 0 Å². The fraction of sp³-hybridized carbons (Fsp3) is 0.364. The van der Waals surface area contributed by atoms with E-state index in [1.165, 1.54) is 0 Å². The summed E-state index contributed by atoms with van der Waals surface area (Å²) < 4.78 is 21.6. The highest BCUT2D eigenvalue weighted by Crippen LogP contribution is 2.16. The molecule has 0 spiro atoms. The van der Waals surface area contributed by atoms with Crippen LogP contribution in [0.3, 0.4) is 0 Å². The van der Waals surface area contributed by atoms with Gasteiger partial charge in [0.25, 0.3) is 5.91 Å². The zero-order valence-corrected chi connectivity index (χ0v) is 18.1. The minimum absolute atomic E-state index is 0.210. The van der Waals surface area contributed by atoms with Crippen molar-refractivity contribution in [3.05, 3.63) is 54.1 Å². The third-order valence-electron chi connectivity index (χ3n) is 3.86. The molecule has 0 bridgehead atoms. The minimum Gasteiger partial charge on any atom is -0.491 e. The van der Waals surface area contributed by atoms with Crippen LogP contribution in [0.5, 0.6) is 11.5 Å². The third kappa shape index (κ3) is 8.77. The zero-order chi connectivity index (χ0) is 21.6. The number of hydrogen-bond acceptors (Lipinski definition) is 6. The summed E-state index contributed by atoms with van der Waals surface area (Å²) in [5, 5.41) is 5.85. The highest BCUT2D eigenvalue weighted by Gasteiger charge is 2.08. The van der Waals surface area contributed by atoms with Gasteiger partial charge in [0.2, 0.25) is 0 Å². The topological polar surface area (TPSA) is 78.1 Å². The monoisotopic (exact) mass is 432 g/mol. The number of nitrogens with one attached hydrogen (secondary N) is 2. The molecular formula is C22H28N2O5S. The van der Waals surface area contributed by atoms with E-state index in [1.54, 1.807) is 24.3 Å². The Morgan fingerprint density at radius 2 is 1.30 bits per heavy atom. The van der Waals surface area contributed by atoms with Crippen molar-refractivity contribution in [2.75, 3.05) is 45.0 Å². The lowest BCUT2D eigenvalue weighted by Gasteiger charge is -2.11. The number of hydrogen-bond donors (Lipinski definition) is 2. The first-order chi connectivity index (χ1) is 14.6. The van der Waals surface area contributed by atoms with Crippen LogP contribution in [0.4, 0.5) is 5.69 Å². The molecule has 2 rings (SSSR count). The molecule has 8 heteroatoms. The zero-order valence-electron chi connectivity index (χ0n) is 17.3. The first-order valence-electron chi connectivity index (χ1n) is 9.86. The van der Waals surface area contributed by atoms with Crippen LogP contribution in [-0.2, 0) is 9.47 Å². The lowest BCUT2D eigenvalue weighted by molar-refractivity contribution is 0.0977. The average Bonchev–Trinajstić information content (AvgIpc) is 2.76. The number of carbonyl (C=O) groups is 1. The van der Waals surface area contributed by atoms with Crippen molar-refractivity contribution < 1.29 is 23.7 Å². The summed E-state index contributed by atoms with van der Waals surface area (Å²) in [4.78, 5) is 12.4. The summed E-state index contributed by atoms with van der Waals surface area (Å²) in [6, 6.07) is 14.1. The summed E-state index contributed by atoms with van der Waals surface area (Å²) in [6.45, 7) is 7.23. The molecule has 0 atom stereocenters. The normalized spacial score (nSPS) is 10.3. The molecule has 0 fully saturated rings. The second kappa shape index (κ2) is 13.5. The molecule has 7 nitrogen and oxygen atoms in total. The van der Waals surface area contributed by atoms with E-state index in [0.29, 0.717) is 51.0 Å². The summed E-state index contributed by atoms with van der Waals surface area (Å²) >= 11 is 5.22. The van der Waals surface area contributed by atoms with Gasteiger partial charge in [-0.3, -0.25) is 10.1 Å². The fourth-order valence-electron chi connectivity index (χ4n) is 2.40. The Balaban J connectivity index is 1.76. The molecule has 0 unspecified atom stereocenters. The number of anilines is 1. The minimum atomic E-state index is -0.302. The Labute approximate surface area is 182 Å². The third-order valence-corrected chi connectivity index (χ3v) is 4.06. The van der Waals surface area contributed by atoms with Gasteiger partial charge in [-0.1, -0.05) is 0 Å². The van der Waals surface area contributed by atoms with E-state index in [-0.39, 0.29) is 11.0 Å². The van der Waals surface area contributed by atoms with E-state index < -0.39 is 0 Å². The number of ether oxygens (including phenoxy) is 4. The molecule has 30 heavy (non-hydrogen) atoms. The van der Waals surface area contributed by atoms with Crippen LogP contribution in [0.2, 0.25) is 0 Å². The number of benzene rings is 2. The maximum absolute atomic E-state index is 12.4. The summed E-state index contributed by atoms with van der Waals surface area (Å²) in [6.07, 6.45) is 0. The van der Waals surface area contributed by atoms with Crippen molar-refractivity contribution in [1.29, 1.82) is 0 Å². The average molecular weight is 433 g/mol. The van der Waals surface area contributed by atoms with Crippen molar-refractivity contribution in [1.82, 2.24) is 5.32 Å². The van der Waals surface area contributed by atoms with Crippen LogP contribution in [-0.4, -0.2) is 50.7 Å². The Bertz CT molecular complexity index is 781. The van der Waals surface area contributed by atoms with Crippen LogP contribution in [0.15, 0.2) is 48.5 Å². The predicted octanol–water partition coefficient (Wildman–Crippen LogP) is 3.64. The quantitative estimate of drug-likeness (QED) is 0.392. The van der Waals surface area contributed by atoms with Crippen molar-refractivity contribution in [3.63, 3.8) is 0 Å². The summed E-state index contributed by atoms with van der Waals surface area (Å²) in [5.74, 6) is 1.11. The standard InChI is InChI=1S/C22H28N2O5S/c1-3-26-13-15-28-19-9-5-17(6-10-19)21(25)24-22(30)23-18-7-11-20(12-8-18)29-16-14-27-4-2/h5-12H,3-4,13-16H2,1-2H3,(H2,23,24,25,30). The molecule has 0 aromatic heterocycles. The Hall–Kier alpha value is -2.68. The first-order valence-corrected chi connectivity index (χ1v) is 10.3. The van der Waals surface area contributed by atoms with Crippen LogP contribution in [0, 0.1) is 0 Å². The van der Waals surface area contributed by atoms with E-state index in [4.69, 9.17) is 31.2 Å². The van der Waals surface area contributed by atoms with Crippen molar-refractivity contribution in [3.8, 4) is 11.5 Å². The van der Waals surface area contributed by atoms with E-state index in [2.05, 4.69) is 10.6 Å². The van der Waals surface area contributed by atoms with Gasteiger partial charge in [0.05, 0.1) is 13.2 Å². The lowest BCUT2D eigenvalue weighted by atomic mass is 10.2. The molecule has 162 valence electrons. The molecule has 0 saturated heterocycles. The van der Waals surface area contributed by atoms with Gasteiger partial charge >= 0.3 is 0 Å². The van der Waals surface area contributed by atoms with Gasteiger partial charge in [-0.25, -0.2) is 0 Å². The Morgan fingerprint density at radius 1 is 0.800 bits per heavy atom. The molecule has 0 saturated carbocycles. The van der Waals surface area contributed by atoms with Gasteiger partial charge in [0.1, 0.15) is 24.7 Å². The summed E-state index contributed by atoms with van der Waals surface area (Å²) in [7, 11) is 0. The number of rotatable bonds is 12. The smallest absolute Gasteiger partial charge is 0.257 e. The Morgan fingerprint density at radius 3 is 1.80 bits per heavy atom. The predicted molar refractivity (Wildman–Crippen MR) is 121 cm³/mol. The number of amides is 1. The van der Waals surface area contributed by atoms with Gasteiger partial charge in [0, 0.05) is 24.5 Å². The maximum Gasteiger partial charge on any atom is 0.257 e. The molecule has 1 amide bonds. The van der Waals surface area contributed by atoms with Gasteiger partial charge in [-0.05, 0) is 74.6 Å². The highest BCUT2D eigenvalue weighted by molar-refractivity contribution is 7.80. The lowest BCUT2D eigenvalue weighted by Crippen LogP contribution is -2.34.